The van der Waals surface area contributed by atoms with Crippen LogP contribution < -0.4 is 10.1 Å². The quantitative estimate of drug-likeness (QED) is 0.146. The second-order valence-electron chi connectivity index (χ2n) is 12.5. The number of methoxy groups -OCH3 is 1. The van der Waals surface area contributed by atoms with Gasteiger partial charge < -0.3 is 19.6 Å². The molecule has 0 unspecified atom stereocenters. The number of ether oxygens (including phenoxy) is 1. The van der Waals surface area contributed by atoms with Crippen LogP contribution in [0.5, 0.6) is 5.75 Å². The number of nitrogens with one attached hydrogen (secondary N) is 1. The number of nitrogens with zero attached hydrogens (tertiary/aromatic N) is 2. The predicted octanol–water partition coefficient (Wildman–Crippen LogP) is 7.31. The molecule has 228 valence electrons. The third-order valence-electron chi connectivity index (χ3n) is 8.98. The molecule has 1 aliphatic rings. The standard InChI is InChI=1S/C33H47N3O4SSi/c1-21(2)42(22(3)4,23(5)6)40-30-16-27(15-26(30)18-37)36-33-28(17-34-20-35-33)32(38)31-14-24(19-41-31)12-13-25-10-8-9-11-29(25)39-7/h8-11,14,17,19-23,26-27,30,37H,12-13,15-16,18H2,1-7H3,(H,34,35,36)/t26-,27-,30+/m1/s1. The molecule has 1 aliphatic carbocycles. The van der Waals surface area contributed by atoms with Crippen molar-refractivity contribution in [2.75, 3.05) is 19.0 Å². The lowest BCUT2D eigenvalue weighted by Crippen LogP contribution is -2.51. The van der Waals surface area contributed by atoms with Gasteiger partial charge in [-0.1, -0.05) is 59.7 Å². The highest BCUT2D eigenvalue weighted by molar-refractivity contribution is 7.12. The first-order valence-electron chi connectivity index (χ1n) is 15.2. The lowest BCUT2D eigenvalue weighted by Gasteiger charge is -2.45. The van der Waals surface area contributed by atoms with Gasteiger partial charge in [-0.15, -0.1) is 11.3 Å². The van der Waals surface area contributed by atoms with E-state index in [1.54, 1.807) is 13.3 Å². The van der Waals surface area contributed by atoms with Crippen molar-refractivity contribution in [3.8, 4) is 5.75 Å². The molecule has 0 bridgehead atoms. The van der Waals surface area contributed by atoms with Crippen molar-refractivity contribution in [1.82, 2.24) is 9.97 Å². The van der Waals surface area contributed by atoms with Gasteiger partial charge in [-0.05, 0) is 70.9 Å². The molecular formula is C33H47N3O4SSi. The third kappa shape index (κ3) is 6.96. The normalized spacial score (nSPS) is 19.2. The molecule has 1 saturated carbocycles. The zero-order chi connectivity index (χ0) is 30.4. The second-order valence-corrected chi connectivity index (χ2v) is 18.8. The molecule has 7 nitrogen and oxygen atoms in total. The Balaban J connectivity index is 1.46. The van der Waals surface area contributed by atoms with Gasteiger partial charge in [0.25, 0.3) is 0 Å². The summed E-state index contributed by atoms with van der Waals surface area (Å²) in [6, 6.07) is 10.1. The summed E-state index contributed by atoms with van der Waals surface area (Å²) in [5.41, 5.74) is 4.16. The van der Waals surface area contributed by atoms with Crippen LogP contribution in [0.25, 0.3) is 0 Å². The van der Waals surface area contributed by atoms with E-state index < -0.39 is 8.32 Å². The van der Waals surface area contributed by atoms with Crippen LogP contribution >= 0.6 is 11.3 Å². The first-order valence-corrected chi connectivity index (χ1v) is 18.2. The number of carbonyl (C=O) groups excluding carboxylic acids is 1. The minimum Gasteiger partial charge on any atom is -0.496 e. The number of ketones is 1. The van der Waals surface area contributed by atoms with Crippen LogP contribution in [-0.2, 0) is 17.3 Å². The highest BCUT2D eigenvalue weighted by Crippen LogP contribution is 2.46. The van der Waals surface area contributed by atoms with Crippen LogP contribution in [0.1, 0.15) is 80.7 Å². The van der Waals surface area contributed by atoms with Crippen LogP contribution in [0.4, 0.5) is 5.82 Å². The smallest absolute Gasteiger partial charge is 0.208 e. The van der Waals surface area contributed by atoms with E-state index >= 15 is 0 Å². The molecule has 1 aromatic carbocycles. The number of aryl methyl sites for hydroxylation is 2. The van der Waals surface area contributed by atoms with E-state index in [0.717, 1.165) is 42.6 Å². The Bertz CT molecular complexity index is 1310. The molecule has 3 aromatic rings. The highest BCUT2D eigenvalue weighted by Gasteiger charge is 2.49. The fraction of sp³-hybridized carbons (Fsp3) is 0.545. The number of anilines is 1. The predicted molar refractivity (Wildman–Crippen MR) is 173 cm³/mol. The van der Waals surface area contributed by atoms with Gasteiger partial charge in [-0.25, -0.2) is 9.97 Å². The summed E-state index contributed by atoms with van der Waals surface area (Å²) in [6.07, 6.45) is 6.26. The van der Waals surface area contributed by atoms with E-state index in [1.165, 1.54) is 17.7 Å². The Morgan fingerprint density at radius 3 is 2.48 bits per heavy atom. The highest BCUT2D eigenvalue weighted by atomic mass is 32.1. The van der Waals surface area contributed by atoms with E-state index in [0.29, 0.717) is 32.9 Å². The van der Waals surface area contributed by atoms with Crippen LogP contribution in [0.3, 0.4) is 0 Å². The van der Waals surface area contributed by atoms with Crippen molar-refractivity contribution in [2.45, 2.75) is 96.0 Å². The molecule has 0 saturated heterocycles. The lowest BCUT2D eigenvalue weighted by molar-refractivity contribution is 0.0941. The molecular weight excluding hydrogens is 563 g/mol. The Morgan fingerprint density at radius 1 is 1.10 bits per heavy atom. The number of thiophene rings is 1. The molecule has 3 atom stereocenters. The van der Waals surface area contributed by atoms with Crippen molar-refractivity contribution >= 4 is 31.3 Å². The van der Waals surface area contributed by atoms with Crippen molar-refractivity contribution in [2.24, 2.45) is 5.92 Å². The van der Waals surface area contributed by atoms with Crippen molar-refractivity contribution in [3.63, 3.8) is 0 Å². The Labute approximate surface area is 256 Å². The molecule has 0 amide bonds. The molecule has 0 radical (unpaired) electrons. The first-order chi connectivity index (χ1) is 20.1. The molecule has 0 spiro atoms. The SMILES string of the molecule is COc1ccccc1CCc1csc(C(=O)c2cncnc2N[C@@H]2C[C@H](CO)[C@@H](O[Si](C(C)C)(C(C)C)C(C)C)C2)c1. The molecule has 0 aliphatic heterocycles. The molecule has 1 fully saturated rings. The molecule has 42 heavy (non-hydrogen) atoms. The van der Waals surface area contributed by atoms with Gasteiger partial charge in [0.15, 0.2) is 0 Å². The number of benzene rings is 1. The van der Waals surface area contributed by atoms with Gasteiger partial charge in [0.2, 0.25) is 14.1 Å². The van der Waals surface area contributed by atoms with Crippen molar-refractivity contribution in [3.05, 3.63) is 69.8 Å². The Kier molecular flexibility index (Phi) is 11.0. The Morgan fingerprint density at radius 2 is 1.81 bits per heavy atom. The minimum atomic E-state index is -2.10. The largest absolute Gasteiger partial charge is 0.496 e. The summed E-state index contributed by atoms with van der Waals surface area (Å²) in [7, 11) is -0.412. The van der Waals surface area contributed by atoms with Crippen molar-refractivity contribution in [1.29, 1.82) is 0 Å². The number of hydrogen-bond donors (Lipinski definition) is 2. The topological polar surface area (TPSA) is 93.6 Å². The molecule has 2 N–H and O–H groups in total. The summed E-state index contributed by atoms with van der Waals surface area (Å²) in [5.74, 6) is 1.40. The maximum Gasteiger partial charge on any atom is 0.208 e. The maximum absolute atomic E-state index is 13.6. The number of hydrogen-bond acceptors (Lipinski definition) is 8. The summed E-state index contributed by atoms with van der Waals surface area (Å²) < 4.78 is 12.6. The van der Waals surface area contributed by atoms with E-state index in [4.69, 9.17) is 9.16 Å². The molecule has 2 aromatic heterocycles. The summed E-state index contributed by atoms with van der Waals surface area (Å²) >= 11 is 1.46. The summed E-state index contributed by atoms with van der Waals surface area (Å²) in [5, 5.41) is 15.9. The van der Waals surface area contributed by atoms with Gasteiger partial charge in [0, 0.05) is 24.8 Å². The summed E-state index contributed by atoms with van der Waals surface area (Å²) in [6.45, 7) is 13.8. The van der Waals surface area contributed by atoms with E-state index in [2.05, 4.69) is 68.3 Å². The number of aromatic nitrogens is 2. The molecule has 9 heteroatoms. The van der Waals surface area contributed by atoms with Gasteiger partial charge >= 0.3 is 0 Å². The van der Waals surface area contributed by atoms with Crippen molar-refractivity contribution < 1.29 is 19.1 Å². The van der Waals surface area contributed by atoms with E-state index in [1.807, 2.05) is 24.3 Å². The number of para-hydroxylation sites is 1. The minimum absolute atomic E-state index is 0.0181. The summed E-state index contributed by atoms with van der Waals surface area (Å²) in [4.78, 5) is 23.0. The zero-order valence-corrected chi connectivity index (χ0v) is 27.9. The molecule has 2 heterocycles. The Hall–Kier alpha value is -2.59. The lowest BCUT2D eigenvalue weighted by atomic mass is 10.0. The number of aliphatic hydroxyl groups is 1. The van der Waals surface area contributed by atoms with Gasteiger partial charge in [-0.2, -0.15) is 0 Å². The first kappa shape index (κ1) is 32.3. The average molecular weight is 610 g/mol. The number of aliphatic hydroxyl groups excluding tert-OH is 1. The number of rotatable bonds is 14. The third-order valence-corrected chi connectivity index (χ3v) is 16.1. The van der Waals surface area contributed by atoms with Gasteiger partial charge in [-0.3, -0.25) is 4.79 Å². The van der Waals surface area contributed by atoms with Crippen LogP contribution in [0.15, 0.2) is 48.2 Å². The van der Waals surface area contributed by atoms with Crippen LogP contribution in [0, 0.1) is 5.92 Å². The fourth-order valence-corrected chi connectivity index (χ4v) is 13.5. The monoisotopic (exact) mass is 609 g/mol. The van der Waals surface area contributed by atoms with Crippen LogP contribution in [-0.4, -0.2) is 55.0 Å². The average Bonchev–Trinajstić information content (AvgIpc) is 3.61. The second kappa shape index (κ2) is 14.3. The van der Waals surface area contributed by atoms with Crippen LogP contribution in [0.2, 0.25) is 16.6 Å². The van der Waals surface area contributed by atoms with Gasteiger partial charge in [0.05, 0.1) is 23.7 Å². The maximum atomic E-state index is 13.6. The number of carbonyl (C=O) groups is 1. The van der Waals surface area contributed by atoms with E-state index in [-0.39, 0.29) is 30.5 Å². The van der Waals surface area contributed by atoms with Gasteiger partial charge in [0.1, 0.15) is 17.9 Å². The fourth-order valence-electron chi connectivity index (χ4n) is 6.96. The molecule has 4 rings (SSSR count). The van der Waals surface area contributed by atoms with E-state index in [9.17, 15) is 9.90 Å². The zero-order valence-electron chi connectivity index (χ0n) is 26.1.